The minimum atomic E-state index is -0.845. The Bertz CT molecular complexity index is 989. The largest absolute Gasteiger partial charge is 0.365 e. The number of hydrogen-bond donors (Lipinski definition) is 0. The zero-order chi connectivity index (χ0) is 16.8. The fourth-order valence-corrected chi connectivity index (χ4v) is 2.54. The number of nitrogens with zero attached hydrogens (tertiary/aromatic N) is 4. The number of benzene rings is 1. The summed E-state index contributed by atoms with van der Waals surface area (Å²) in [4.78, 5) is 45.7. The second-order valence-corrected chi connectivity index (χ2v) is 5.23. The third-order valence-electron chi connectivity index (χ3n) is 3.74. The van der Waals surface area contributed by atoms with E-state index in [-0.39, 0.29) is 16.7 Å². The highest BCUT2D eigenvalue weighted by Crippen LogP contribution is 2.23. The van der Waals surface area contributed by atoms with Crippen molar-refractivity contribution < 1.29 is 19.2 Å². The lowest BCUT2D eigenvalue weighted by Crippen LogP contribution is -2.32. The van der Waals surface area contributed by atoms with Crippen molar-refractivity contribution in [3.05, 3.63) is 59.4 Å². The zero-order valence-corrected chi connectivity index (χ0v) is 12.5. The number of pyridine rings is 1. The predicted molar refractivity (Wildman–Crippen MR) is 80.9 cm³/mol. The molecule has 4 rings (SSSR count). The molecule has 118 valence electrons. The molecule has 0 atom stereocenters. The van der Waals surface area contributed by atoms with Crippen LogP contribution in [0.15, 0.2) is 42.7 Å². The zero-order valence-electron chi connectivity index (χ0n) is 12.5. The fraction of sp³-hybridized carbons (Fsp3) is 0.0625. The maximum absolute atomic E-state index is 12.3. The van der Waals surface area contributed by atoms with E-state index in [2.05, 4.69) is 10.1 Å². The number of hydrogen-bond acceptors (Lipinski definition) is 6. The normalized spacial score (nSPS) is 13.5. The van der Waals surface area contributed by atoms with Gasteiger partial charge in [0.1, 0.15) is 0 Å². The molecule has 0 saturated carbocycles. The molecule has 0 aliphatic carbocycles. The van der Waals surface area contributed by atoms with E-state index in [1.807, 2.05) is 0 Å². The van der Waals surface area contributed by atoms with Crippen molar-refractivity contribution >= 4 is 28.8 Å². The molecule has 0 spiro atoms. The van der Waals surface area contributed by atoms with Gasteiger partial charge in [0.25, 0.3) is 11.8 Å². The van der Waals surface area contributed by atoms with Crippen molar-refractivity contribution in [1.29, 1.82) is 0 Å². The van der Waals surface area contributed by atoms with Crippen molar-refractivity contribution in [2.45, 2.75) is 0 Å². The van der Waals surface area contributed by atoms with Gasteiger partial charge in [0.2, 0.25) is 0 Å². The van der Waals surface area contributed by atoms with Crippen LogP contribution in [0.3, 0.4) is 0 Å². The number of fused-ring (bicyclic) bond motifs is 2. The molecule has 2 aromatic heterocycles. The summed E-state index contributed by atoms with van der Waals surface area (Å²) >= 11 is 0. The van der Waals surface area contributed by atoms with E-state index < -0.39 is 17.8 Å². The summed E-state index contributed by atoms with van der Waals surface area (Å²) in [7, 11) is 1.73. The van der Waals surface area contributed by atoms with E-state index in [0.717, 1.165) is 0 Å². The molecule has 0 unspecified atom stereocenters. The van der Waals surface area contributed by atoms with Crippen LogP contribution >= 0.6 is 0 Å². The minimum absolute atomic E-state index is 0.118. The van der Waals surface area contributed by atoms with Crippen LogP contribution in [0.1, 0.15) is 31.1 Å². The third kappa shape index (κ3) is 1.97. The number of hydroxylamine groups is 2. The first-order chi connectivity index (χ1) is 11.6. The first-order valence-electron chi connectivity index (χ1n) is 7.04. The van der Waals surface area contributed by atoms with Gasteiger partial charge in [0, 0.05) is 18.6 Å². The van der Waals surface area contributed by atoms with Gasteiger partial charge in [-0.25, -0.2) is 9.78 Å². The van der Waals surface area contributed by atoms with Crippen LogP contribution < -0.4 is 0 Å². The van der Waals surface area contributed by atoms with E-state index in [4.69, 9.17) is 4.84 Å². The lowest BCUT2D eigenvalue weighted by atomic mass is 10.1. The lowest BCUT2D eigenvalue weighted by Gasteiger charge is -2.12. The van der Waals surface area contributed by atoms with E-state index in [1.54, 1.807) is 30.1 Å². The van der Waals surface area contributed by atoms with Crippen molar-refractivity contribution in [1.82, 2.24) is 19.8 Å². The summed E-state index contributed by atoms with van der Waals surface area (Å²) in [5.74, 6) is -2.18. The summed E-state index contributed by atoms with van der Waals surface area (Å²) in [6.45, 7) is 0. The average molecular weight is 322 g/mol. The number of aryl methyl sites for hydroxylation is 1. The first-order valence-corrected chi connectivity index (χ1v) is 7.04. The molecule has 1 aliphatic heterocycles. The molecule has 8 nitrogen and oxygen atoms in total. The summed E-state index contributed by atoms with van der Waals surface area (Å²) in [5.41, 5.74) is 1.13. The number of amides is 2. The fourth-order valence-electron chi connectivity index (χ4n) is 2.54. The number of carbonyl (C=O) groups is 3. The number of rotatable bonds is 2. The SMILES string of the molecule is Cn1ncc2cc(C(=O)ON3C(=O)c4ccccc4C3=O)cnc21. The van der Waals surface area contributed by atoms with Gasteiger partial charge < -0.3 is 4.84 Å². The maximum atomic E-state index is 12.3. The molecule has 1 aromatic carbocycles. The monoisotopic (exact) mass is 322 g/mol. The standard InChI is InChI=1S/C16H10N4O4/c1-19-13-9(8-18-19)6-10(7-17-13)16(23)24-20-14(21)11-4-2-3-5-12(11)15(20)22/h2-8H,1H3. The maximum Gasteiger partial charge on any atom is 0.365 e. The number of carbonyl (C=O) groups excluding carboxylic acids is 3. The van der Waals surface area contributed by atoms with Crippen LogP contribution in [-0.2, 0) is 11.9 Å². The molecule has 0 fully saturated rings. The molecular formula is C16H10N4O4. The highest BCUT2D eigenvalue weighted by atomic mass is 16.7. The van der Waals surface area contributed by atoms with E-state index in [1.165, 1.54) is 24.4 Å². The lowest BCUT2D eigenvalue weighted by molar-refractivity contribution is -0.0584. The minimum Gasteiger partial charge on any atom is -0.324 e. The Labute approximate surface area is 135 Å². The molecular weight excluding hydrogens is 312 g/mol. The summed E-state index contributed by atoms with van der Waals surface area (Å²) in [6.07, 6.45) is 2.87. The Morgan fingerprint density at radius 3 is 2.42 bits per heavy atom. The summed E-state index contributed by atoms with van der Waals surface area (Å²) < 4.78 is 1.56. The Balaban J connectivity index is 1.62. The van der Waals surface area contributed by atoms with Crippen LogP contribution in [-0.4, -0.2) is 37.6 Å². The van der Waals surface area contributed by atoms with Gasteiger partial charge in [0.05, 0.1) is 22.9 Å². The molecule has 8 heteroatoms. The van der Waals surface area contributed by atoms with Crippen LogP contribution in [0.25, 0.3) is 11.0 Å². The second-order valence-electron chi connectivity index (χ2n) is 5.23. The topological polar surface area (TPSA) is 94.4 Å². The van der Waals surface area contributed by atoms with Crippen LogP contribution in [0.2, 0.25) is 0 Å². The highest BCUT2D eigenvalue weighted by molar-refractivity contribution is 6.21. The van der Waals surface area contributed by atoms with Crippen LogP contribution in [0.4, 0.5) is 0 Å². The average Bonchev–Trinajstić information content (AvgIpc) is 3.08. The van der Waals surface area contributed by atoms with Crippen molar-refractivity contribution in [3.8, 4) is 0 Å². The molecule has 2 amide bonds. The van der Waals surface area contributed by atoms with E-state index in [9.17, 15) is 14.4 Å². The third-order valence-corrected chi connectivity index (χ3v) is 3.74. The molecule has 1 aliphatic rings. The van der Waals surface area contributed by atoms with Gasteiger partial charge in [-0.15, -0.1) is 0 Å². The Morgan fingerprint density at radius 2 is 1.75 bits per heavy atom. The quantitative estimate of drug-likeness (QED) is 0.661. The Kier molecular flexibility index (Phi) is 2.92. The smallest absolute Gasteiger partial charge is 0.324 e. The van der Waals surface area contributed by atoms with E-state index >= 15 is 0 Å². The molecule has 0 N–H and O–H groups in total. The van der Waals surface area contributed by atoms with Crippen molar-refractivity contribution in [2.24, 2.45) is 7.05 Å². The van der Waals surface area contributed by atoms with Crippen molar-refractivity contribution in [3.63, 3.8) is 0 Å². The summed E-state index contributed by atoms with van der Waals surface area (Å²) in [5, 5.41) is 5.15. The van der Waals surface area contributed by atoms with Gasteiger partial charge in [0.15, 0.2) is 5.65 Å². The highest BCUT2D eigenvalue weighted by Gasteiger charge is 2.38. The second kappa shape index (κ2) is 4.98. The van der Waals surface area contributed by atoms with Gasteiger partial charge in [-0.3, -0.25) is 14.3 Å². The Morgan fingerprint density at radius 1 is 1.08 bits per heavy atom. The van der Waals surface area contributed by atoms with E-state index in [0.29, 0.717) is 16.1 Å². The predicted octanol–water partition coefficient (Wildman–Crippen LogP) is 1.34. The molecule has 3 aromatic rings. The molecule has 0 saturated heterocycles. The molecule has 3 heterocycles. The number of aromatic nitrogens is 3. The van der Waals surface area contributed by atoms with Crippen molar-refractivity contribution in [2.75, 3.05) is 0 Å². The summed E-state index contributed by atoms with van der Waals surface area (Å²) in [6, 6.07) is 7.82. The molecule has 0 radical (unpaired) electrons. The van der Waals surface area contributed by atoms with Gasteiger partial charge in [-0.1, -0.05) is 17.2 Å². The van der Waals surface area contributed by atoms with Crippen LogP contribution in [0.5, 0.6) is 0 Å². The Hall–Kier alpha value is -3.55. The number of imide groups is 1. The molecule has 24 heavy (non-hydrogen) atoms. The van der Waals surface area contributed by atoms with Gasteiger partial charge in [-0.05, 0) is 18.2 Å². The van der Waals surface area contributed by atoms with Gasteiger partial charge >= 0.3 is 5.97 Å². The first kappa shape index (κ1) is 14.1. The van der Waals surface area contributed by atoms with Gasteiger partial charge in [-0.2, -0.15) is 5.10 Å². The van der Waals surface area contributed by atoms with Crippen LogP contribution in [0, 0.1) is 0 Å². The molecule has 0 bridgehead atoms.